The van der Waals surface area contributed by atoms with Crippen molar-refractivity contribution in [1.29, 1.82) is 0 Å². The molecule has 1 fully saturated rings. The van der Waals surface area contributed by atoms with E-state index in [2.05, 4.69) is 15.9 Å². The van der Waals surface area contributed by atoms with E-state index in [-0.39, 0.29) is 6.42 Å². The van der Waals surface area contributed by atoms with Crippen LogP contribution < -0.4 is 0 Å². The van der Waals surface area contributed by atoms with Crippen LogP contribution in [-0.4, -0.2) is 48.0 Å². The average Bonchev–Trinajstić information content (AvgIpc) is 2.52. The normalized spacial score (nSPS) is 15.8. The fourth-order valence-corrected chi connectivity index (χ4v) is 2.80. The molecule has 0 radical (unpaired) electrons. The second kappa shape index (κ2) is 9.37. The number of alkyl halides is 6. The molecule has 0 spiro atoms. The van der Waals surface area contributed by atoms with E-state index in [0.29, 0.717) is 18.7 Å². The molecule has 154 valence electrons. The molecule has 1 aliphatic heterocycles. The van der Waals surface area contributed by atoms with Gasteiger partial charge in [-0.1, -0.05) is 34.1 Å². The van der Waals surface area contributed by atoms with Gasteiger partial charge < -0.3 is 4.55 Å². The molecule has 2 rings (SSSR count). The molecule has 0 amide bonds. The van der Waals surface area contributed by atoms with Gasteiger partial charge in [-0.05, 0) is 18.1 Å². The van der Waals surface area contributed by atoms with Crippen LogP contribution in [0.5, 0.6) is 0 Å². The first-order valence-corrected chi connectivity index (χ1v) is 9.87. The summed E-state index contributed by atoms with van der Waals surface area (Å²) in [6.07, 6.45) is -1.61. The molecule has 0 aromatic heterocycles. The molecule has 0 unspecified atom stereocenters. The molecule has 0 saturated carbocycles. The summed E-state index contributed by atoms with van der Waals surface area (Å²) in [5.41, 5.74) is -5.38. The van der Waals surface area contributed by atoms with Crippen LogP contribution in [0.4, 0.5) is 26.3 Å². The lowest BCUT2D eigenvalue weighted by atomic mass is 10.1. The molecule has 1 heterocycles. The van der Waals surface area contributed by atoms with Crippen molar-refractivity contribution in [2.24, 2.45) is 0 Å². The Labute approximate surface area is 160 Å². The zero-order chi connectivity index (χ0) is 20.9. The number of benzene rings is 1. The Morgan fingerprint density at radius 3 is 1.93 bits per heavy atom. The Balaban J connectivity index is 0.000000387. The summed E-state index contributed by atoms with van der Waals surface area (Å²) in [7, 11) is -6.09. The van der Waals surface area contributed by atoms with Gasteiger partial charge in [0.1, 0.15) is 13.1 Å². The van der Waals surface area contributed by atoms with E-state index in [1.165, 1.54) is 4.58 Å². The Morgan fingerprint density at radius 1 is 1.04 bits per heavy atom. The quantitative estimate of drug-likeness (QED) is 0.273. The van der Waals surface area contributed by atoms with Gasteiger partial charge >= 0.3 is 11.7 Å². The second-order valence-corrected chi connectivity index (χ2v) is 7.89. The molecule has 0 aliphatic carbocycles. The molecule has 27 heavy (non-hydrogen) atoms. The van der Waals surface area contributed by atoms with E-state index in [9.17, 15) is 26.3 Å². The molecular formula is C15H16BrF6NO3S. The zero-order valence-electron chi connectivity index (χ0n) is 13.8. The van der Waals surface area contributed by atoms with Gasteiger partial charge in [0.15, 0.2) is 10.1 Å². The summed E-state index contributed by atoms with van der Waals surface area (Å²) < 4.78 is 101. The minimum absolute atomic E-state index is 0.0646. The van der Waals surface area contributed by atoms with Gasteiger partial charge in [0, 0.05) is 17.3 Å². The van der Waals surface area contributed by atoms with Crippen molar-refractivity contribution in [3.63, 3.8) is 0 Å². The Morgan fingerprint density at radius 2 is 1.52 bits per heavy atom. The van der Waals surface area contributed by atoms with E-state index in [0.717, 1.165) is 23.7 Å². The number of nitrogens with zero attached hydrogens (tertiary/aromatic N) is 1. The molecule has 12 heteroatoms. The topological polar surface area (TPSA) is 60.2 Å². The smallest absolute Gasteiger partial charge is 0.485 e. The highest BCUT2D eigenvalue weighted by Gasteiger charge is 2.43. The summed E-state index contributed by atoms with van der Waals surface area (Å²) in [6.45, 7) is 1.03. The first kappa shape index (κ1) is 23.9. The van der Waals surface area contributed by atoms with Crippen molar-refractivity contribution in [2.75, 3.05) is 13.1 Å². The third-order valence-electron chi connectivity index (χ3n) is 3.66. The lowest BCUT2D eigenvalue weighted by Gasteiger charge is -2.16. The summed E-state index contributed by atoms with van der Waals surface area (Å²) >= 11 is 3.32. The number of rotatable bonds is 2. The third-order valence-corrected chi connectivity index (χ3v) is 5.00. The number of hydrogen-bond acceptors (Lipinski definition) is 3. The highest BCUT2D eigenvalue weighted by Crippen LogP contribution is 2.25. The van der Waals surface area contributed by atoms with Gasteiger partial charge in [0.25, 0.3) is 5.71 Å². The molecule has 0 bridgehead atoms. The second-order valence-electron chi connectivity index (χ2n) is 5.66. The average molecular weight is 484 g/mol. The van der Waals surface area contributed by atoms with Crippen LogP contribution in [0.25, 0.3) is 0 Å². The molecule has 0 N–H and O–H groups in total. The molecular weight excluding hydrogens is 468 g/mol. The molecule has 1 aromatic rings. The molecule has 0 atom stereocenters. The van der Waals surface area contributed by atoms with Crippen molar-refractivity contribution >= 4 is 31.8 Å². The van der Waals surface area contributed by atoms with Crippen LogP contribution in [0.2, 0.25) is 0 Å². The highest BCUT2D eigenvalue weighted by molar-refractivity contribution is 9.10. The molecule has 4 nitrogen and oxygen atoms in total. The predicted molar refractivity (Wildman–Crippen MR) is 88.5 cm³/mol. The number of halogens is 7. The van der Waals surface area contributed by atoms with E-state index in [1.807, 2.05) is 6.07 Å². The minimum Gasteiger partial charge on any atom is -0.741 e. The fourth-order valence-electron chi connectivity index (χ4n) is 2.38. The standard InChI is InChI=1S/C14H16BrF3N.CHF3O3S/c15-12-7-3-2-6-11(12)10-13(14(16,17)18)19-8-4-1-5-9-19;2-1(3,4)8(5,6)7/h2-3,6-7H,1,4-5,8-10H2;(H,5,6,7)/q+1;/p-1. The summed E-state index contributed by atoms with van der Waals surface area (Å²) in [5.74, 6) is 0. The Kier molecular flexibility index (Phi) is 8.30. The van der Waals surface area contributed by atoms with E-state index in [1.54, 1.807) is 18.2 Å². The maximum atomic E-state index is 13.2. The largest absolute Gasteiger partial charge is 0.741 e. The molecule has 1 aromatic carbocycles. The summed E-state index contributed by atoms with van der Waals surface area (Å²) in [5, 5.41) is 0. The maximum Gasteiger partial charge on any atom is 0.485 e. The number of hydrogen-bond donors (Lipinski definition) is 0. The maximum absolute atomic E-state index is 13.2. The lowest BCUT2D eigenvalue weighted by molar-refractivity contribution is -0.544. The Hall–Kier alpha value is -1.14. The van der Waals surface area contributed by atoms with Crippen LogP contribution >= 0.6 is 15.9 Å². The zero-order valence-corrected chi connectivity index (χ0v) is 16.2. The summed E-state index contributed by atoms with van der Waals surface area (Å²) in [4.78, 5) is 0. The van der Waals surface area contributed by atoms with Crippen molar-refractivity contribution in [1.82, 2.24) is 0 Å². The molecule has 1 aliphatic rings. The minimum atomic E-state index is -6.09. The van der Waals surface area contributed by atoms with Gasteiger partial charge in [-0.25, -0.2) is 13.0 Å². The predicted octanol–water partition coefficient (Wildman–Crippen LogP) is 4.24. The van der Waals surface area contributed by atoms with Crippen LogP contribution in [0.15, 0.2) is 28.7 Å². The summed E-state index contributed by atoms with van der Waals surface area (Å²) in [6, 6.07) is 7.09. The van der Waals surface area contributed by atoms with Crippen molar-refractivity contribution in [3.05, 3.63) is 34.3 Å². The van der Waals surface area contributed by atoms with E-state index >= 15 is 0 Å². The Bertz CT molecular complexity index is 766. The third kappa shape index (κ3) is 7.78. The van der Waals surface area contributed by atoms with Crippen molar-refractivity contribution in [3.8, 4) is 0 Å². The number of piperidine rings is 1. The van der Waals surface area contributed by atoms with E-state index in [4.69, 9.17) is 13.0 Å². The monoisotopic (exact) mass is 483 g/mol. The van der Waals surface area contributed by atoms with Crippen LogP contribution in [-0.2, 0) is 16.5 Å². The first-order valence-electron chi connectivity index (χ1n) is 7.67. The van der Waals surface area contributed by atoms with Crippen LogP contribution in [0.1, 0.15) is 24.8 Å². The van der Waals surface area contributed by atoms with Crippen LogP contribution in [0.3, 0.4) is 0 Å². The van der Waals surface area contributed by atoms with E-state index < -0.39 is 27.5 Å². The SMILES string of the molecule is FC(F)(F)C(Cc1ccccc1Br)=[N+]1CCCCC1.O=S(=O)([O-])C(F)(F)F. The van der Waals surface area contributed by atoms with Gasteiger partial charge in [-0.3, -0.25) is 0 Å². The fraction of sp³-hybridized carbons (Fsp3) is 0.533. The van der Waals surface area contributed by atoms with Gasteiger partial charge in [0.2, 0.25) is 0 Å². The van der Waals surface area contributed by atoms with Crippen molar-refractivity contribution < 1.29 is 43.9 Å². The lowest BCUT2D eigenvalue weighted by Crippen LogP contribution is -2.38. The molecule has 1 saturated heterocycles. The van der Waals surface area contributed by atoms with Crippen LogP contribution in [0, 0.1) is 0 Å². The van der Waals surface area contributed by atoms with Gasteiger partial charge in [-0.2, -0.15) is 26.3 Å². The van der Waals surface area contributed by atoms with Gasteiger partial charge in [-0.15, -0.1) is 0 Å². The van der Waals surface area contributed by atoms with Gasteiger partial charge in [0.05, 0.1) is 6.42 Å². The first-order chi connectivity index (χ1) is 12.2. The highest BCUT2D eigenvalue weighted by atomic mass is 79.9. The van der Waals surface area contributed by atoms with Crippen molar-refractivity contribution in [2.45, 2.75) is 37.4 Å².